The summed E-state index contributed by atoms with van der Waals surface area (Å²) in [5.74, 6) is 0.826. The fraction of sp³-hybridized carbons (Fsp3) is 0.389. The average molecular weight is 356 g/mol. The molecule has 26 heavy (non-hydrogen) atoms. The second-order valence-electron chi connectivity index (χ2n) is 6.44. The average Bonchev–Trinajstić information content (AvgIpc) is 2.67. The van der Waals surface area contributed by atoms with Gasteiger partial charge in [-0.2, -0.15) is 0 Å². The summed E-state index contributed by atoms with van der Waals surface area (Å²) in [7, 11) is 0. The van der Waals surface area contributed by atoms with E-state index in [4.69, 9.17) is 15.5 Å². The van der Waals surface area contributed by atoms with Crippen molar-refractivity contribution in [3.8, 4) is 5.75 Å². The fourth-order valence-electron chi connectivity index (χ4n) is 3.47. The van der Waals surface area contributed by atoms with E-state index in [-0.39, 0.29) is 12.1 Å². The van der Waals surface area contributed by atoms with Crippen LogP contribution >= 0.6 is 0 Å². The third-order valence-corrected chi connectivity index (χ3v) is 4.81. The molecule has 2 aromatic rings. The Hall–Kier alpha value is -2.42. The molecule has 7 nitrogen and oxygen atoms in total. The van der Waals surface area contributed by atoms with E-state index in [1.165, 1.54) is 12.4 Å². The summed E-state index contributed by atoms with van der Waals surface area (Å²) in [5, 5.41) is 3.34. The lowest BCUT2D eigenvalue weighted by molar-refractivity contribution is 0.131. The second kappa shape index (κ2) is 7.06. The number of nitrogens with one attached hydrogen (secondary N) is 1. The number of rotatable bonds is 3. The number of halogens is 1. The van der Waals surface area contributed by atoms with Crippen LogP contribution in [-0.2, 0) is 0 Å². The van der Waals surface area contributed by atoms with Gasteiger partial charge >= 0.3 is 0 Å². The maximum absolute atomic E-state index is 13.2. The zero-order chi connectivity index (χ0) is 18.1. The van der Waals surface area contributed by atoms with Crippen molar-refractivity contribution in [1.29, 1.82) is 0 Å². The quantitative estimate of drug-likeness (QED) is 0.864. The third-order valence-electron chi connectivity index (χ3n) is 4.81. The summed E-state index contributed by atoms with van der Waals surface area (Å²) in [6.45, 7) is 4.34. The van der Waals surface area contributed by atoms with Crippen molar-refractivity contribution < 1.29 is 9.13 Å². The number of aromatic nitrogens is 2. The molecule has 8 heteroatoms. The lowest BCUT2D eigenvalue weighted by Crippen LogP contribution is -2.56. The number of piperazine rings is 1. The monoisotopic (exact) mass is 356 g/mol. The zero-order valence-electron chi connectivity index (χ0n) is 14.5. The smallest absolute Gasteiger partial charge is 0.188 e. The van der Waals surface area contributed by atoms with Gasteiger partial charge in [-0.1, -0.05) is 12.1 Å². The van der Waals surface area contributed by atoms with Gasteiger partial charge in [0.1, 0.15) is 17.3 Å². The van der Waals surface area contributed by atoms with Crippen LogP contribution in [0.25, 0.3) is 0 Å². The van der Waals surface area contributed by atoms with E-state index in [2.05, 4.69) is 27.1 Å². The zero-order valence-corrected chi connectivity index (χ0v) is 14.5. The highest BCUT2D eigenvalue weighted by Gasteiger charge is 2.35. The molecule has 3 atom stereocenters. The van der Waals surface area contributed by atoms with E-state index < -0.39 is 12.0 Å². The predicted octanol–water partition coefficient (Wildman–Crippen LogP) is 1.40. The first kappa shape index (κ1) is 17.0. The minimum absolute atomic E-state index is 0.0703. The van der Waals surface area contributed by atoms with Crippen molar-refractivity contribution in [2.45, 2.75) is 25.2 Å². The molecule has 1 aromatic heterocycles. The van der Waals surface area contributed by atoms with E-state index >= 15 is 0 Å². The number of aliphatic imine (C=N–C) groups is 1. The van der Waals surface area contributed by atoms with Gasteiger partial charge in [-0.05, 0) is 19.1 Å². The van der Waals surface area contributed by atoms with Crippen LogP contribution in [0.4, 0.5) is 10.1 Å². The van der Waals surface area contributed by atoms with E-state index in [1.54, 1.807) is 0 Å². The van der Waals surface area contributed by atoms with Crippen LogP contribution in [-0.4, -0.2) is 52.5 Å². The van der Waals surface area contributed by atoms with Gasteiger partial charge in [-0.3, -0.25) is 10.6 Å². The fourth-order valence-corrected chi connectivity index (χ4v) is 3.47. The number of para-hydroxylation sites is 2. The molecule has 0 aliphatic carbocycles. The molecule has 0 bridgehead atoms. The molecule has 0 spiro atoms. The van der Waals surface area contributed by atoms with Gasteiger partial charge in [0, 0.05) is 19.6 Å². The largest absolute Gasteiger partial charge is 0.468 e. The normalized spacial score (nSPS) is 24.3. The molecule has 0 amide bonds. The first-order valence-electron chi connectivity index (χ1n) is 8.67. The van der Waals surface area contributed by atoms with Gasteiger partial charge in [0.15, 0.2) is 12.0 Å². The van der Waals surface area contributed by atoms with Gasteiger partial charge in [0.2, 0.25) is 0 Å². The van der Waals surface area contributed by atoms with Gasteiger partial charge in [0.05, 0.1) is 30.2 Å². The maximum Gasteiger partial charge on any atom is 0.188 e. The summed E-state index contributed by atoms with van der Waals surface area (Å²) in [5.41, 5.74) is 7.77. The molecule has 0 saturated carbocycles. The number of nitrogens with zero attached hydrogens (tertiary/aromatic N) is 4. The standard InChI is InChI=1S/C18H21FN6O/c1-11(16-17(20)26-15-5-3-2-4-13(15)24-16)25-7-6-21-10-14(25)18-22-8-12(19)9-23-18/h2-5,8-9,11,14,17,21H,6-7,10,20H2,1H3. The van der Waals surface area contributed by atoms with E-state index in [0.29, 0.717) is 18.1 Å². The number of nitrogens with two attached hydrogens (primary N) is 1. The third kappa shape index (κ3) is 3.18. The summed E-state index contributed by atoms with van der Waals surface area (Å²) < 4.78 is 19.0. The van der Waals surface area contributed by atoms with E-state index in [9.17, 15) is 4.39 Å². The summed E-state index contributed by atoms with van der Waals surface area (Å²) in [6, 6.07) is 7.43. The summed E-state index contributed by atoms with van der Waals surface area (Å²) in [6.07, 6.45) is 1.79. The molecule has 4 rings (SSSR count). The minimum atomic E-state index is -0.607. The van der Waals surface area contributed by atoms with Crippen molar-refractivity contribution >= 4 is 11.4 Å². The van der Waals surface area contributed by atoms with Crippen LogP contribution in [0.1, 0.15) is 18.8 Å². The Balaban J connectivity index is 1.64. The summed E-state index contributed by atoms with van der Waals surface area (Å²) >= 11 is 0. The minimum Gasteiger partial charge on any atom is -0.468 e. The molecule has 3 N–H and O–H groups in total. The van der Waals surface area contributed by atoms with Crippen molar-refractivity contribution in [1.82, 2.24) is 20.2 Å². The van der Waals surface area contributed by atoms with Gasteiger partial charge in [-0.15, -0.1) is 0 Å². The SMILES string of the molecule is CC(C1=Nc2ccccc2OC1N)N1CCNCC1c1ncc(F)cn1. The maximum atomic E-state index is 13.2. The lowest BCUT2D eigenvalue weighted by Gasteiger charge is -2.41. The molecule has 1 fully saturated rings. The molecule has 2 aliphatic heterocycles. The molecule has 0 radical (unpaired) electrons. The molecule has 3 unspecified atom stereocenters. The van der Waals surface area contributed by atoms with E-state index in [0.717, 1.165) is 24.5 Å². The van der Waals surface area contributed by atoms with Crippen molar-refractivity contribution in [2.75, 3.05) is 19.6 Å². The number of benzene rings is 1. The van der Waals surface area contributed by atoms with Crippen LogP contribution in [0.2, 0.25) is 0 Å². The van der Waals surface area contributed by atoms with Crippen molar-refractivity contribution in [3.05, 3.63) is 48.3 Å². The topological polar surface area (TPSA) is 88.7 Å². The molecular weight excluding hydrogens is 335 g/mol. The Morgan fingerprint density at radius 3 is 2.88 bits per heavy atom. The van der Waals surface area contributed by atoms with Crippen molar-refractivity contribution in [2.24, 2.45) is 10.7 Å². The Morgan fingerprint density at radius 2 is 2.08 bits per heavy atom. The Kier molecular flexibility index (Phi) is 4.62. The highest BCUT2D eigenvalue weighted by molar-refractivity contribution is 5.96. The molecule has 136 valence electrons. The van der Waals surface area contributed by atoms with E-state index in [1.807, 2.05) is 24.3 Å². The van der Waals surface area contributed by atoms with Gasteiger partial charge < -0.3 is 10.1 Å². The van der Waals surface area contributed by atoms with Crippen LogP contribution in [0, 0.1) is 5.82 Å². The van der Waals surface area contributed by atoms with Gasteiger partial charge in [0.25, 0.3) is 0 Å². The molecular formula is C18H21FN6O. The predicted molar refractivity (Wildman–Crippen MR) is 95.9 cm³/mol. The number of ether oxygens (including phenoxy) is 1. The lowest BCUT2D eigenvalue weighted by atomic mass is 10.0. The summed E-state index contributed by atoms with van der Waals surface area (Å²) in [4.78, 5) is 15.3. The molecule has 1 aromatic carbocycles. The van der Waals surface area contributed by atoms with Crippen LogP contribution in [0.5, 0.6) is 5.75 Å². The molecule has 3 heterocycles. The van der Waals surface area contributed by atoms with Crippen LogP contribution in [0.15, 0.2) is 41.7 Å². The Bertz CT molecular complexity index is 812. The molecule has 1 saturated heterocycles. The highest BCUT2D eigenvalue weighted by Crippen LogP contribution is 2.33. The van der Waals surface area contributed by atoms with Crippen LogP contribution in [0.3, 0.4) is 0 Å². The number of hydrogen-bond donors (Lipinski definition) is 2. The Labute approximate surface area is 151 Å². The first-order valence-corrected chi connectivity index (χ1v) is 8.67. The second-order valence-corrected chi connectivity index (χ2v) is 6.44. The number of fused-ring (bicyclic) bond motifs is 1. The number of hydrogen-bond acceptors (Lipinski definition) is 7. The van der Waals surface area contributed by atoms with Gasteiger partial charge in [-0.25, -0.2) is 19.4 Å². The van der Waals surface area contributed by atoms with Crippen molar-refractivity contribution in [3.63, 3.8) is 0 Å². The first-order chi connectivity index (χ1) is 12.6. The highest BCUT2D eigenvalue weighted by atomic mass is 19.1. The Morgan fingerprint density at radius 1 is 1.31 bits per heavy atom. The molecule has 2 aliphatic rings. The van der Waals surface area contributed by atoms with Crippen LogP contribution < -0.4 is 15.8 Å².